The van der Waals surface area contributed by atoms with Crippen LogP contribution in [0, 0.1) is 5.92 Å². The van der Waals surface area contributed by atoms with Crippen molar-refractivity contribution in [3.63, 3.8) is 0 Å². The maximum Gasteiger partial charge on any atom is 0.348 e. The van der Waals surface area contributed by atoms with Gasteiger partial charge in [0.05, 0.1) is 0 Å². The van der Waals surface area contributed by atoms with Crippen LogP contribution in [0.4, 0.5) is 4.79 Å². The van der Waals surface area contributed by atoms with E-state index in [2.05, 4.69) is 22.8 Å². The largest absolute Gasteiger partial charge is 0.451 e. The molecule has 6 nitrogen and oxygen atoms in total. The number of nitrogens with one attached hydrogen (secondary N) is 2. The molecule has 7 heteroatoms. The average Bonchev–Trinajstić information content (AvgIpc) is 3.09. The molecule has 2 N–H and O–H groups in total. The van der Waals surface area contributed by atoms with Crippen LogP contribution < -0.4 is 10.6 Å². The molecule has 0 radical (unpaired) electrons. The van der Waals surface area contributed by atoms with Crippen molar-refractivity contribution in [1.29, 1.82) is 0 Å². The monoisotopic (exact) mass is 386 g/mol. The van der Waals surface area contributed by atoms with Gasteiger partial charge < -0.3 is 10.1 Å². The summed E-state index contributed by atoms with van der Waals surface area (Å²) in [5.41, 5.74) is 3.56. The van der Waals surface area contributed by atoms with Crippen molar-refractivity contribution in [2.24, 2.45) is 5.92 Å². The third-order valence-electron chi connectivity index (χ3n) is 4.19. The van der Waals surface area contributed by atoms with Gasteiger partial charge in [0, 0.05) is 11.4 Å². The van der Waals surface area contributed by atoms with Gasteiger partial charge >= 0.3 is 12.0 Å². The molecule has 0 fully saturated rings. The van der Waals surface area contributed by atoms with Gasteiger partial charge in [0.25, 0.3) is 5.91 Å². The van der Waals surface area contributed by atoms with Crippen LogP contribution in [0.25, 0.3) is 10.4 Å². The minimum absolute atomic E-state index is 0.277. The van der Waals surface area contributed by atoms with Crippen molar-refractivity contribution < 1.29 is 19.1 Å². The standard InChI is InChI=1S/C20H22N2O4S/c1-12(2)10-21-20(25)22-17(23)11-26-19(24)16-9-14-8-7-13-5-3-4-6-15(13)18(14)27-16/h3-6,9,12H,7-8,10-11H2,1-2H3,(H2,21,22,23,25). The summed E-state index contributed by atoms with van der Waals surface area (Å²) >= 11 is 1.38. The summed E-state index contributed by atoms with van der Waals surface area (Å²) in [6.07, 6.45) is 1.83. The molecule has 1 aliphatic carbocycles. The Morgan fingerprint density at radius 1 is 1.15 bits per heavy atom. The van der Waals surface area contributed by atoms with E-state index < -0.39 is 24.5 Å². The molecule has 0 spiro atoms. The third kappa shape index (κ3) is 4.74. The molecule has 3 rings (SSSR count). The zero-order valence-electron chi connectivity index (χ0n) is 15.3. The summed E-state index contributed by atoms with van der Waals surface area (Å²) in [5.74, 6) is -0.931. The van der Waals surface area contributed by atoms with E-state index in [9.17, 15) is 14.4 Å². The molecule has 1 heterocycles. The third-order valence-corrected chi connectivity index (χ3v) is 5.38. The second kappa shape index (κ2) is 8.35. The predicted molar refractivity (Wildman–Crippen MR) is 104 cm³/mol. The summed E-state index contributed by atoms with van der Waals surface area (Å²) in [4.78, 5) is 37.1. The SMILES string of the molecule is CC(C)CNC(=O)NC(=O)COC(=O)c1cc2c(s1)-c1ccccc1CC2. The van der Waals surface area contributed by atoms with Crippen molar-refractivity contribution in [3.05, 3.63) is 46.3 Å². The summed E-state index contributed by atoms with van der Waals surface area (Å²) in [5, 5.41) is 4.71. The Hall–Kier alpha value is -2.67. The highest BCUT2D eigenvalue weighted by atomic mass is 32.1. The van der Waals surface area contributed by atoms with Gasteiger partial charge in [0.1, 0.15) is 4.88 Å². The maximum atomic E-state index is 12.3. The molecule has 1 aromatic carbocycles. The quantitative estimate of drug-likeness (QED) is 0.773. The van der Waals surface area contributed by atoms with E-state index in [4.69, 9.17) is 4.74 Å². The summed E-state index contributed by atoms with van der Waals surface area (Å²) < 4.78 is 5.06. The van der Waals surface area contributed by atoms with Crippen LogP contribution in [0.3, 0.4) is 0 Å². The summed E-state index contributed by atoms with van der Waals surface area (Å²) in [6.45, 7) is 3.86. The molecule has 2 aromatic rings. The smallest absolute Gasteiger partial charge is 0.348 e. The molecule has 1 aromatic heterocycles. The number of benzene rings is 1. The number of thiophene rings is 1. The van der Waals surface area contributed by atoms with Gasteiger partial charge in [0.2, 0.25) is 0 Å². The van der Waals surface area contributed by atoms with Gasteiger partial charge in [-0.25, -0.2) is 9.59 Å². The van der Waals surface area contributed by atoms with E-state index in [0.29, 0.717) is 11.4 Å². The molecular weight excluding hydrogens is 364 g/mol. The molecule has 0 saturated heterocycles. The van der Waals surface area contributed by atoms with Crippen LogP contribution in [-0.4, -0.2) is 31.1 Å². The number of rotatable bonds is 5. The zero-order chi connectivity index (χ0) is 19.4. The highest BCUT2D eigenvalue weighted by Crippen LogP contribution is 2.39. The molecule has 27 heavy (non-hydrogen) atoms. The van der Waals surface area contributed by atoms with Crippen LogP contribution in [-0.2, 0) is 22.4 Å². The second-order valence-corrected chi connectivity index (χ2v) is 7.90. The van der Waals surface area contributed by atoms with Gasteiger partial charge in [-0.2, -0.15) is 0 Å². The fourth-order valence-electron chi connectivity index (χ4n) is 2.88. The minimum Gasteiger partial charge on any atom is -0.451 e. The van der Waals surface area contributed by atoms with E-state index in [-0.39, 0.29) is 5.92 Å². The number of hydrogen-bond donors (Lipinski definition) is 2. The second-order valence-electron chi connectivity index (χ2n) is 6.85. The number of ether oxygens (including phenoxy) is 1. The molecule has 0 atom stereocenters. The molecule has 0 aliphatic heterocycles. The lowest BCUT2D eigenvalue weighted by Crippen LogP contribution is -2.42. The number of esters is 1. The topological polar surface area (TPSA) is 84.5 Å². The maximum absolute atomic E-state index is 12.3. The van der Waals surface area contributed by atoms with E-state index >= 15 is 0 Å². The van der Waals surface area contributed by atoms with Gasteiger partial charge in [-0.05, 0) is 41.5 Å². The van der Waals surface area contributed by atoms with Crippen LogP contribution in [0.15, 0.2) is 30.3 Å². The first kappa shape index (κ1) is 19.1. The van der Waals surface area contributed by atoms with E-state index in [1.807, 2.05) is 32.0 Å². The number of carbonyl (C=O) groups excluding carboxylic acids is 3. The highest BCUT2D eigenvalue weighted by Gasteiger charge is 2.22. The fraction of sp³-hybridized carbons (Fsp3) is 0.350. The van der Waals surface area contributed by atoms with Crippen molar-refractivity contribution >= 4 is 29.2 Å². The predicted octanol–water partition coefficient (Wildman–Crippen LogP) is 3.15. The Kier molecular flexibility index (Phi) is 5.91. The van der Waals surface area contributed by atoms with Gasteiger partial charge in [0.15, 0.2) is 6.61 Å². The lowest BCUT2D eigenvalue weighted by Gasteiger charge is -2.15. The molecule has 3 amide bonds. The molecule has 0 bridgehead atoms. The van der Waals surface area contributed by atoms with Crippen molar-refractivity contribution in [1.82, 2.24) is 10.6 Å². The molecule has 0 saturated carbocycles. The Morgan fingerprint density at radius 3 is 2.67 bits per heavy atom. The number of urea groups is 1. The number of imide groups is 1. The molecule has 1 aliphatic rings. The molecule has 0 unspecified atom stereocenters. The number of hydrogen-bond acceptors (Lipinski definition) is 5. The Labute approximate surface area is 161 Å². The number of carbonyl (C=O) groups is 3. The van der Waals surface area contributed by atoms with Crippen molar-refractivity contribution in [3.8, 4) is 10.4 Å². The summed E-state index contributed by atoms with van der Waals surface area (Å²) in [7, 11) is 0. The van der Waals surface area contributed by atoms with Gasteiger partial charge in [-0.15, -0.1) is 11.3 Å². The van der Waals surface area contributed by atoms with Crippen LogP contribution in [0.2, 0.25) is 0 Å². The first-order valence-electron chi connectivity index (χ1n) is 8.90. The van der Waals surface area contributed by atoms with Gasteiger partial charge in [-0.1, -0.05) is 38.1 Å². The number of aryl methyl sites for hydroxylation is 2. The lowest BCUT2D eigenvalue weighted by atomic mass is 9.91. The fourth-order valence-corrected chi connectivity index (χ4v) is 4.04. The minimum atomic E-state index is -0.656. The zero-order valence-corrected chi connectivity index (χ0v) is 16.2. The van der Waals surface area contributed by atoms with Crippen molar-refractivity contribution in [2.75, 3.05) is 13.2 Å². The van der Waals surface area contributed by atoms with E-state index in [0.717, 1.165) is 28.8 Å². The normalized spacial score (nSPS) is 12.1. The van der Waals surface area contributed by atoms with E-state index in [1.54, 1.807) is 0 Å². The Morgan fingerprint density at radius 2 is 1.89 bits per heavy atom. The average molecular weight is 386 g/mol. The van der Waals surface area contributed by atoms with Gasteiger partial charge in [-0.3, -0.25) is 10.1 Å². The first-order valence-corrected chi connectivity index (χ1v) is 9.71. The Balaban J connectivity index is 1.56. The first-order chi connectivity index (χ1) is 12.9. The highest BCUT2D eigenvalue weighted by molar-refractivity contribution is 7.17. The van der Waals surface area contributed by atoms with Crippen molar-refractivity contribution in [2.45, 2.75) is 26.7 Å². The summed E-state index contributed by atoms with van der Waals surface area (Å²) in [6, 6.07) is 9.41. The molecular formula is C20H22N2O4S. The molecule has 142 valence electrons. The lowest BCUT2D eigenvalue weighted by molar-refractivity contribution is -0.123. The van der Waals surface area contributed by atoms with Crippen LogP contribution in [0.5, 0.6) is 0 Å². The van der Waals surface area contributed by atoms with Crippen LogP contribution >= 0.6 is 11.3 Å². The number of amides is 3. The van der Waals surface area contributed by atoms with Crippen LogP contribution in [0.1, 0.15) is 34.6 Å². The number of fused-ring (bicyclic) bond motifs is 3. The Bertz CT molecular complexity index is 873. The van der Waals surface area contributed by atoms with E-state index in [1.165, 1.54) is 16.9 Å².